The molecule has 100 valence electrons. The van der Waals surface area contributed by atoms with Gasteiger partial charge in [-0.25, -0.2) is 0 Å². The number of nitrogens with two attached hydrogens (primary N) is 1. The van der Waals surface area contributed by atoms with Gasteiger partial charge in [-0.05, 0) is 12.8 Å². The highest BCUT2D eigenvalue weighted by Gasteiger charge is 2.22. The maximum Gasteiger partial charge on any atom is 0.239 e. The lowest BCUT2D eigenvalue weighted by atomic mass is 10.1. The number of nitrogens with zero attached hydrogens (tertiary/aromatic N) is 4. The van der Waals surface area contributed by atoms with Crippen LogP contribution in [0.5, 0.6) is 0 Å². The molecule has 6 nitrogen and oxygen atoms in total. The van der Waals surface area contributed by atoms with E-state index in [-0.39, 0.29) is 5.91 Å². The summed E-state index contributed by atoms with van der Waals surface area (Å²) in [4.78, 5) is 13.7. The number of fused-ring (bicyclic) bond motifs is 1. The molecule has 1 atom stereocenters. The SMILES string of the molecule is CCC[C@H](N)C(=O)N(C)Cc1nnc2n1CCC2. The van der Waals surface area contributed by atoms with Crippen molar-refractivity contribution in [2.75, 3.05) is 7.05 Å². The van der Waals surface area contributed by atoms with Gasteiger partial charge in [0, 0.05) is 20.0 Å². The minimum atomic E-state index is -0.402. The van der Waals surface area contributed by atoms with Crippen molar-refractivity contribution in [1.82, 2.24) is 19.7 Å². The molecular formula is C12H21N5O. The highest BCUT2D eigenvalue weighted by molar-refractivity contribution is 5.81. The Bertz CT molecular complexity index is 428. The number of carbonyl (C=O) groups excluding carboxylic acids is 1. The van der Waals surface area contributed by atoms with Crippen molar-refractivity contribution in [1.29, 1.82) is 0 Å². The smallest absolute Gasteiger partial charge is 0.239 e. The Morgan fingerprint density at radius 1 is 1.56 bits per heavy atom. The van der Waals surface area contributed by atoms with Gasteiger partial charge in [0.15, 0.2) is 5.82 Å². The largest absolute Gasteiger partial charge is 0.337 e. The van der Waals surface area contributed by atoms with Crippen molar-refractivity contribution in [2.24, 2.45) is 5.73 Å². The summed E-state index contributed by atoms with van der Waals surface area (Å²) < 4.78 is 2.11. The van der Waals surface area contributed by atoms with Crippen LogP contribution in [-0.4, -0.2) is 38.7 Å². The van der Waals surface area contributed by atoms with Crippen LogP contribution in [0.2, 0.25) is 0 Å². The molecule has 2 heterocycles. The van der Waals surface area contributed by atoms with E-state index in [1.54, 1.807) is 11.9 Å². The standard InChI is InChI=1S/C12H21N5O/c1-3-5-9(13)12(18)16(2)8-11-15-14-10-6-4-7-17(10)11/h9H,3-8,13H2,1-2H3/t9-/m0/s1. The lowest BCUT2D eigenvalue weighted by Gasteiger charge is -2.20. The lowest BCUT2D eigenvalue weighted by molar-refractivity contribution is -0.132. The lowest BCUT2D eigenvalue weighted by Crippen LogP contribution is -2.41. The molecule has 1 aliphatic rings. The third kappa shape index (κ3) is 2.53. The van der Waals surface area contributed by atoms with Crippen LogP contribution in [0.15, 0.2) is 0 Å². The first-order valence-corrected chi connectivity index (χ1v) is 6.55. The van der Waals surface area contributed by atoms with Gasteiger partial charge in [-0.1, -0.05) is 13.3 Å². The summed E-state index contributed by atoms with van der Waals surface area (Å²) in [6, 6.07) is -0.402. The Morgan fingerprint density at radius 2 is 2.33 bits per heavy atom. The number of aryl methyl sites for hydroxylation is 1. The summed E-state index contributed by atoms with van der Waals surface area (Å²) in [6.07, 6.45) is 3.74. The second kappa shape index (κ2) is 5.48. The molecule has 0 radical (unpaired) electrons. The molecule has 0 aromatic carbocycles. The predicted octanol–water partition coefficient (Wildman–Crippen LogP) is 0.310. The van der Waals surface area contributed by atoms with Gasteiger partial charge >= 0.3 is 0 Å². The van der Waals surface area contributed by atoms with E-state index in [0.29, 0.717) is 6.54 Å². The van der Waals surface area contributed by atoms with E-state index in [0.717, 1.165) is 43.9 Å². The van der Waals surface area contributed by atoms with Crippen LogP contribution in [0, 0.1) is 0 Å². The Kier molecular flexibility index (Phi) is 3.96. The quantitative estimate of drug-likeness (QED) is 0.817. The van der Waals surface area contributed by atoms with Crippen molar-refractivity contribution >= 4 is 5.91 Å². The Morgan fingerprint density at radius 3 is 3.06 bits per heavy atom. The van der Waals surface area contributed by atoms with E-state index < -0.39 is 6.04 Å². The number of hydrogen-bond acceptors (Lipinski definition) is 4. The van der Waals surface area contributed by atoms with E-state index in [1.807, 2.05) is 6.92 Å². The molecule has 2 N–H and O–H groups in total. The summed E-state index contributed by atoms with van der Waals surface area (Å²) in [7, 11) is 1.77. The van der Waals surface area contributed by atoms with Crippen LogP contribution < -0.4 is 5.73 Å². The zero-order valence-electron chi connectivity index (χ0n) is 11.1. The zero-order chi connectivity index (χ0) is 13.1. The Balaban J connectivity index is 1.98. The van der Waals surface area contributed by atoms with Crippen LogP contribution in [0.4, 0.5) is 0 Å². The van der Waals surface area contributed by atoms with Gasteiger partial charge in [-0.3, -0.25) is 4.79 Å². The summed E-state index contributed by atoms with van der Waals surface area (Å²) in [5, 5.41) is 8.28. The van der Waals surface area contributed by atoms with Crippen molar-refractivity contribution < 1.29 is 4.79 Å². The second-order valence-corrected chi connectivity index (χ2v) is 4.88. The number of aromatic nitrogens is 3. The molecule has 1 aliphatic heterocycles. The number of amides is 1. The maximum absolute atomic E-state index is 12.0. The van der Waals surface area contributed by atoms with Gasteiger partial charge in [-0.15, -0.1) is 10.2 Å². The van der Waals surface area contributed by atoms with E-state index in [2.05, 4.69) is 14.8 Å². The summed E-state index contributed by atoms with van der Waals surface area (Å²) in [5.74, 6) is 1.87. The van der Waals surface area contributed by atoms with Crippen LogP contribution >= 0.6 is 0 Å². The van der Waals surface area contributed by atoms with Gasteiger partial charge in [0.1, 0.15) is 5.82 Å². The molecule has 6 heteroatoms. The number of hydrogen-bond donors (Lipinski definition) is 1. The summed E-state index contributed by atoms with van der Waals surface area (Å²) >= 11 is 0. The molecule has 0 saturated carbocycles. The fourth-order valence-electron chi connectivity index (χ4n) is 2.34. The zero-order valence-corrected chi connectivity index (χ0v) is 11.1. The first-order valence-electron chi connectivity index (χ1n) is 6.55. The highest BCUT2D eigenvalue weighted by Crippen LogP contribution is 2.15. The van der Waals surface area contributed by atoms with E-state index in [4.69, 9.17) is 5.73 Å². The van der Waals surface area contributed by atoms with Crippen molar-refractivity contribution in [3.8, 4) is 0 Å². The van der Waals surface area contributed by atoms with E-state index >= 15 is 0 Å². The average Bonchev–Trinajstić information content (AvgIpc) is 2.93. The van der Waals surface area contributed by atoms with Crippen molar-refractivity contribution in [2.45, 2.75) is 51.7 Å². The van der Waals surface area contributed by atoms with Gasteiger partial charge in [0.2, 0.25) is 5.91 Å². The molecule has 0 aliphatic carbocycles. The molecule has 2 rings (SSSR count). The molecule has 0 fully saturated rings. The molecule has 0 spiro atoms. The van der Waals surface area contributed by atoms with Crippen LogP contribution in [0.1, 0.15) is 37.8 Å². The molecule has 1 amide bonds. The predicted molar refractivity (Wildman–Crippen MR) is 67.7 cm³/mol. The third-order valence-corrected chi connectivity index (χ3v) is 3.36. The molecule has 0 bridgehead atoms. The minimum Gasteiger partial charge on any atom is -0.337 e. The average molecular weight is 251 g/mol. The number of likely N-dealkylation sites (N-methyl/N-ethyl adjacent to an activating group) is 1. The Labute approximate surface area is 107 Å². The molecule has 1 aromatic rings. The van der Waals surface area contributed by atoms with Crippen LogP contribution in [0.25, 0.3) is 0 Å². The molecular weight excluding hydrogens is 230 g/mol. The van der Waals surface area contributed by atoms with E-state index in [1.165, 1.54) is 0 Å². The van der Waals surface area contributed by atoms with Gasteiger partial charge in [-0.2, -0.15) is 0 Å². The van der Waals surface area contributed by atoms with Gasteiger partial charge in [0.05, 0.1) is 12.6 Å². The van der Waals surface area contributed by atoms with Crippen LogP contribution in [0.3, 0.4) is 0 Å². The minimum absolute atomic E-state index is 0.0211. The molecule has 0 saturated heterocycles. The van der Waals surface area contributed by atoms with Crippen molar-refractivity contribution in [3.63, 3.8) is 0 Å². The third-order valence-electron chi connectivity index (χ3n) is 3.36. The first-order chi connectivity index (χ1) is 8.63. The van der Waals surface area contributed by atoms with Crippen LogP contribution in [-0.2, 0) is 24.3 Å². The molecule has 1 aromatic heterocycles. The number of rotatable bonds is 5. The topological polar surface area (TPSA) is 77.0 Å². The fraction of sp³-hybridized carbons (Fsp3) is 0.750. The maximum atomic E-state index is 12.0. The van der Waals surface area contributed by atoms with Crippen molar-refractivity contribution in [3.05, 3.63) is 11.6 Å². The molecule has 0 unspecified atom stereocenters. The summed E-state index contributed by atoms with van der Waals surface area (Å²) in [5.41, 5.74) is 5.84. The summed E-state index contributed by atoms with van der Waals surface area (Å²) in [6.45, 7) is 3.47. The van der Waals surface area contributed by atoms with Gasteiger partial charge < -0.3 is 15.2 Å². The Hall–Kier alpha value is -1.43. The fourth-order valence-corrected chi connectivity index (χ4v) is 2.34. The monoisotopic (exact) mass is 251 g/mol. The van der Waals surface area contributed by atoms with E-state index in [9.17, 15) is 4.79 Å². The first kappa shape index (κ1) is 13.0. The molecule has 18 heavy (non-hydrogen) atoms. The normalized spacial score (nSPS) is 15.5. The van der Waals surface area contributed by atoms with Gasteiger partial charge in [0.25, 0.3) is 0 Å². The highest BCUT2D eigenvalue weighted by atomic mass is 16.2. The number of carbonyl (C=O) groups is 1. The second-order valence-electron chi connectivity index (χ2n) is 4.88.